The first-order valence-electron chi connectivity index (χ1n) is 7.03. The molecular weight excluding hydrogens is 312 g/mol. The molecule has 0 radical (unpaired) electrons. The molecule has 0 bridgehead atoms. The number of carboxylic acids is 1. The number of aromatic carboxylic acids is 1. The Kier molecular flexibility index (Phi) is 3.06. The second-order valence-corrected chi connectivity index (χ2v) is 5.66. The minimum atomic E-state index is -1.03. The van der Waals surface area contributed by atoms with Gasteiger partial charge in [0.1, 0.15) is 5.69 Å². The van der Waals surface area contributed by atoms with Gasteiger partial charge in [0.05, 0.1) is 17.2 Å². The summed E-state index contributed by atoms with van der Waals surface area (Å²) in [6, 6.07) is 17.0. The van der Waals surface area contributed by atoms with Gasteiger partial charge < -0.3 is 9.67 Å². The van der Waals surface area contributed by atoms with Gasteiger partial charge in [0.25, 0.3) is 0 Å². The predicted octanol–water partition coefficient (Wildman–Crippen LogP) is 4.53. The summed E-state index contributed by atoms with van der Waals surface area (Å²) >= 11 is 5.98. The second-order valence-electron chi connectivity index (χ2n) is 5.22. The molecule has 2 aromatic carbocycles. The van der Waals surface area contributed by atoms with Crippen LogP contribution in [0.25, 0.3) is 27.5 Å². The summed E-state index contributed by atoms with van der Waals surface area (Å²) in [6.45, 7) is 0. The van der Waals surface area contributed by atoms with Crippen LogP contribution in [0, 0.1) is 0 Å². The summed E-state index contributed by atoms with van der Waals surface area (Å²) in [5.41, 5.74) is 2.84. The van der Waals surface area contributed by atoms with Gasteiger partial charge >= 0.3 is 5.97 Å². The number of pyridine rings is 1. The molecule has 2 heterocycles. The van der Waals surface area contributed by atoms with Crippen molar-refractivity contribution < 1.29 is 9.90 Å². The third kappa shape index (κ3) is 2.15. The fourth-order valence-corrected chi connectivity index (χ4v) is 2.98. The van der Waals surface area contributed by atoms with Gasteiger partial charge in [-0.15, -0.1) is 0 Å². The van der Waals surface area contributed by atoms with E-state index in [1.54, 1.807) is 12.3 Å². The molecule has 4 rings (SSSR count). The summed E-state index contributed by atoms with van der Waals surface area (Å²) in [5.74, 6) is -1.03. The highest BCUT2D eigenvalue weighted by atomic mass is 35.5. The van der Waals surface area contributed by atoms with Gasteiger partial charge in [0, 0.05) is 21.5 Å². The third-order valence-electron chi connectivity index (χ3n) is 3.86. The largest absolute Gasteiger partial charge is 0.477 e. The monoisotopic (exact) mass is 322 g/mol. The summed E-state index contributed by atoms with van der Waals surface area (Å²) in [6.07, 6.45) is 1.60. The first kappa shape index (κ1) is 13.8. The molecule has 4 aromatic rings. The number of fused-ring (bicyclic) bond motifs is 3. The lowest BCUT2D eigenvalue weighted by molar-refractivity contribution is 0.0690. The van der Waals surface area contributed by atoms with Crippen LogP contribution in [0.4, 0.5) is 0 Å². The zero-order chi connectivity index (χ0) is 16.0. The van der Waals surface area contributed by atoms with Crippen LogP contribution in [-0.2, 0) is 0 Å². The van der Waals surface area contributed by atoms with Crippen LogP contribution in [0.15, 0.2) is 60.8 Å². The molecule has 112 valence electrons. The van der Waals surface area contributed by atoms with Gasteiger partial charge in [-0.2, -0.15) is 0 Å². The minimum absolute atomic E-state index is 0.0384. The molecule has 0 saturated carbocycles. The number of hydrogen-bond acceptors (Lipinski definition) is 2. The topological polar surface area (TPSA) is 55.1 Å². The van der Waals surface area contributed by atoms with Gasteiger partial charge in [-0.3, -0.25) is 0 Å². The highest BCUT2D eigenvalue weighted by molar-refractivity contribution is 6.30. The van der Waals surface area contributed by atoms with Crippen molar-refractivity contribution >= 4 is 39.4 Å². The lowest BCUT2D eigenvalue weighted by atomic mass is 10.1. The first-order valence-corrected chi connectivity index (χ1v) is 7.41. The number of hydrogen-bond donors (Lipinski definition) is 1. The van der Waals surface area contributed by atoms with Crippen molar-refractivity contribution in [1.29, 1.82) is 0 Å². The van der Waals surface area contributed by atoms with Crippen molar-refractivity contribution in [2.24, 2.45) is 0 Å². The van der Waals surface area contributed by atoms with Crippen molar-refractivity contribution in [3.8, 4) is 5.69 Å². The lowest BCUT2D eigenvalue weighted by Gasteiger charge is -2.07. The van der Waals surface area contributed by atoms with Gasteiger partial charge in [0.15, 0.2) is 0 Å². The maximum absolute atomic E-state index is 11.2. The van der Waals surface area contributed by atoms with Crippen LogP contribution >= 0.6 is 11.6 Å². The molecule has 0 unspecified atom stereocenters. The van der Waals surface area contributed by atoms with Crippen LogP contribution < -0.4 is 0 Å². The number of para-hydroxylation sites is 1. The smallest absolute Gasteiger partial charge is 0.354 e. The molecule has 0 aliphatic rings. The van der Waals surface area contributed by atoms with Crippen molar-refractivity contribution in [3.05, 3.63) is 71.5 Å². The Balaban J connectivity index is 2.13. The normalized spacial score (nSPS) is 11.2. The number of aromatic nitrogens is 2. The molecule has 0 amide bonds. The molecule has 4 nitrogen and oxygen atoms in total. The molecular formula is C18H11ClN2O2. The van der Waals surface area contributed by atoms with Gasteiger partial charge in [-0.25, -0.2) is 9.78 Å². The number of carboxylic acid groups (broad SMARTS) is 1. The highest BCUT2D eigenvalue weighted by Gasteiger charge is 2.14. The Labute approximate surface area is 136 Å². The molecule has 1 N–H and O–H groups in total. The number of nitrogens with zero attached hydrogens (tertiary/aromatic N) is 2. The fourth-order valence-electron chi connectivity index (χ4n) is 2.85. The second kappa shape index (κ2) is 5.11. The van der Waals surface area contributed by atoms with E-state index < -0.39 is 5.97 Å². The van der Waals surface area contributed by atoms with Crippen LogP contribution in [0.5, 0.6) is 0 Å². The van der Waals surface area contributed by atoms with Crippen LogP contribution in [0.3, 0.4) is 0 Å². The zero-order valence-electron chi connectivity index (χ0n) is 11.9. The molecule has 2 aromatic heterocycles. The number of rotatable bonds is 2. The van der Waals surface area contributed by atoms with Gasteiger partial charge in [-0.05, 0) is 36.4 Å². The third-order valence-corrected chi connectivity index (χ3v) is 4.11. The number of carbonyl (C=O) groups is 1. The summed E-state index contributed by atoms with van der Waals surface area (Å²) in [7, 11) is 0. The Bertz CT molecular complexity index is 1050. The quantitative estimate of drug-likeness (QED) is 0.590. The molecule has 0 aliphatic heterocycles. The van der Waals surface area contributed by atoms with E-state index in [4.69, 9.17) is 11.6 Å². The SMILES string of the molecule is O=C(O)c1cc2c3ccccc3n(-c3ccc(Cl)cc3)c2cn1. The first-order chi connectivity index (χ1) is 11.1. The van der Waals surface area contributed by atoms with E-state index in [-0.39, 0.29) is 5.69 Å². The molecule has 0 saturated heterocycles. The summed E-state index contributed by atoms with van der Waals surface area (Å²) in [5, 5.41) is 11.7. The Morgan fingerprint density at radius 3 is 2.48 bits per heavy atom. The van der Waals surface area contributed by atoms with E-state index in [0.29, 0.717) is 5.02 Å². The number of benzene rings is 2. The molecule has 0 atom stereocenters. The Morgan fingerprint density at radius 2 is 1.74 bits per heavy atom. The molecule has 0 fully saturated rings. The fraction of sp³-hybridized carbons (Fsp3) is 0. The average molecular weight is 323 g/mol. The zero-order valence-corrected chi connectivity index (χ0v) is 12.7. The molecule has 0 aliphatic carbocycles. The summed E-state index contributed by atoms with van der Waals surface area (Å²) in [4.78, 5) is 15.3. The Morgan fingerprint density at radius 1 is 1.00 bits per heavy atom. The maximum Gasteiger partial charge on any atom is 0.354 e. The number of halogens is 1. The minimum Gasteiger partial charge on any atom is -0.477 e. The van der Waals surface area contributed by atoms with Crippen LogP contribution in [0.1, 0.15) is 10.5 Å². The molecule has 5 heteroatoms. The molecule has 23 heavy (non-hydrogen) atoms. The summed E-state index contributed by atoms with van der Waals surface area (Å²) < 4.78 is 2.06. The Hall–Kier alpha value is -2.85. The van der Waals surface area contributed by atoms with E-state index in [1.165, 1.54) is 0 Å². The van der Waals surface area contributed by atoms with Gasteiger partial charge in [0.2, 0.25) is 0 Å². The van der Waals surface area contributed by atoms with E-state index in [9.17, 15) is 9.90 Å². The van der Waals surface area contributed by atoms with E-state index in [0.717, 1.165) is 27.5 Å². The average Bonchev–Trinajstić information content (AvgIpc) is 2.89. The van der Waals surface area contributed by atoms with E-state index >= 15 is 0 Å². The maximum atomic E-state index is 11.2. The highest BCUT2D eigenvalue weighted by Crippen LogP contribution is 2.32. The predicted molar refractivity (Wildman–Crippen MR) is 90.5 cm³/mol. The van der Waals surface area contributed by atoms with Crippen LogP contribution in [0.2, 0.25) is 5.02 Å². The van der Waals surface area contributed by atoms with Crippen molar-refractivity contribution in [1.82, 2.24) is 9.55 Å². The van der Waals surface area contributed by atoms with Crippen molar-refractivity contribution in [2.45, 2.75) is 0 Å². The lowest BCUT2D eigenvalue weighted by Crippen LogP contribution is -2.00. The van der Waals surface area contributed by atoms with E-state index in [1.807, 2.05) is 48.5 Å². The van der Waals surface area contributed by atoms with Gasteiger partial charge in [-0.1, -0.05) is 29.8 Å². The van der Waals surface area contributed by atoms with Crippen molar-refractivity contribution in [3.63, 3.8) is 0 Å². The standard InChI is InChI=1S/C18H11ClN2O2/c19-11-5-7-12(8-6-11)21-16-4-2-1-3-13(16)14-9-15(18(22)23)20-10-17(14)21/h1-10H,(H,22,23). The molecule has 0 spiro atoms. The van der Waals surface area contributed by atoms with E-state index in [2.05, 4.69) is 9.55 Å². The van der Waals surface area contributed by atoms with Crippen molar-refractivity contribution in [2.75, 3.05) is 0 Å². The van der Waals surface area contributed by atoms with Crippen LogP contribution in [-0.4, -0.2) is 20.6 Å².